The number of nitrogens with zero attached hydrogens (tertiary/aromatic N) is 2. The van der Waals surface area contributed by atoms with Crippen molar-refractivity contribution in [1.82, 2.24) is 15.5 Å². The van der Waals surface area contributed by atoms with Gasteiger partial charge in [-0.25, -0.2) is 8.42 Å². The molecule has 0 bridgehead atoms. The smallest absolute Gasteiger partial charge is 0.191 e. The quantitative estimate of drug-likeness (QED) is 0.600. The molecule has 2 N–H and O–H groups in total. The van der Waals surface area contributed by atoms with Crippen LogP contribution in [0, 0.1) is 6.92 Å². The van der Waals surface area contributed by atoms with Crippen molar-refractivity contribution < 1.29 is 8.42 Å². The van der Waals surface area contributed by atoms with Crippen molar-refractivity contribution in [3.63, 3.8) is 0 Å². The summed E-state index contributed by atoms with van der Waals surface area (Å²) in [5, 5.41) is 6.55. The van der Waals surface area contributed by atoms with E-state index in [1.165, 1.54) is 11.1 Å². The fraction of sp³-hybridized carbons (Fsp3) is 0.562. The number of aryl methyl sites for hydroxylation is 1. The maximum Gasteiger partial charge on any atom is 0.191 e. The van der Waals surface area contributed by atoms with E-state index in [1.807, 2.05) is 0 Å². The van der Waals surface area contributed by atoms with Gasteiger partial charge in [-0.2, -0.15) is 0 Å². The van der Waals surface area contributed by atoms with Crippen molar-refractivity contribution >= 4 is 15.8 Å². The van der Waals surface area contributed by atoms with Crippen LogP contribution in [0.25, 0.3) is 0 Å². The lowest BCUT2D eigenvalue weighted by Crippen LogP contribution is -2.45. The highest BCUT2D eigenvalue weighted by Crippen LogP contribution is 2.03. The van der Waals surface area contributed by atoms with Crippen LogP contribution in [0.15, 0.2) is 29.3 Å². The van der Waals surface area contributed by atoms with E-state index in [2.05, 4.69) is 51.7 Å². The minimum absolute atomic E-state index is 0.271. The summed E-state index contributed by atoms with van der Waals surface area (Å²) in [6.45, 7) is 5.61. The Morgan fingerprint density at radius 2 is 1.83 bits per heavy atom. The fourth-order valence-electron chi connectivity index (χ4n) is 2.42. The second kappa shape index (κ2) is 8.31. The predicted octanol–water partition coefficient (Wildman–Crippen LogP) is 0.390. The maximum absolute atomic E-state index is 11.4. The van der Waals surface area contributed by atoms with E-state index >= 15 is 0 Å². The van der Waals surface area contributed by atoms with E-state index in [0.29, 0.717) is 13.1 Å². The lowest BCUT2D eigenvalue weighted by molar-refractivity contribution is 0.299. The standard InChI is InChI=1S/C16H26N4O2S/c1-14-3-5-15(6-4-14)13-19-16(17-2)18-7-8-20-9-11-23(21,22)12-10-20/h3-6H,7-13H2,1-2H3,(H2,17,18,19). The fourth-order valence-corrected chi connectivity index (χ4v) is 3.70. The van der Waals surface area contributed by atoms with Gasteiger partial charge in [0.25, 0.3) is 0 Å². The summed E-state index contributed by atoms with van der Waals surface area (Å²) in [6, 6.07) is 8.39. The molecule has 0 aliphatic carbocycles. The Morgan fingerprint density at radius 3 is 2.43 bits per heavy atom. The molecule has 1 aromatic carbocycles. The molecule has 128 valence electrons. The van der Waals surface area contributed by atoms with E-state index in [1.54, 1.807) is 7.05 Å². The minimum atomic E-state index is -2.80. The second-order valence-corrected chi connectivity index (χ2v) is 8.14. The Kier molecular flexibility index (Phi) is 6.41. The van der Waals surface area contributed by atoms with Gasteiger partial charge in [0, 0.05) is 39.8 Å². The zero-order valence-electron chi connectivity index (χ0n) is 13.9. The molecule has 1 fully saturated rings. The second-order valence-electron chi connectivity index (χ2n) is 5.83. The summed E-state index contributed by atoms with van der Waals surface area (Å²) in [7, 11) is -1.05. The molecule has 1 aromatic rings. The van der Waals surface area contributed by atoms with Gasteiger partial charge in [0.2, 0.25) is 0 Å². The molecule has 1 heterocycles. The van der Waals surface area contributed by atoms with Gasteiger partial charge >= 0.3 is 0 Å². The van der Waals surface area contributed by atoms with Gasteiger partial charge in [-0.05, 0) is 12.5 Å². The lowest BCUT2D eigenvalue weighted by Gasteiger charge is -2.26. The van der Waals surface area contributed by atoms with Gasteiger partial charge in [-0.15, -0.1) is 0 Å². The van der Waals surface area contributed by atoms with Crippen molar-refractivity contribution in [2.24, 2.45) is 4.99 Å². The molecule has 0 atom stereocenters. The first-order valence-electron chi connectivity index (χ1n) is 7.91. The zero-order valence-corrected chi connectivity index (χ0v) is 14.7. The average Bonchev–Trinajstić information content (AvgIpc) is 2.53. The van der Waals surface area contributed by atoms with Crippen molar-refractivity contribution in [2.45, 2.75) is 13.5 Å². The maximum atomic E-state index is 11.4. The third kappa shape index (κ3) is 6.19. The SMILES string of the molecule is CN=C(NCCN1CCS(=O)(=O)CC1)NCc1ccc(C)cc1. The lowest BCUT2D eigenvalue weighted by atomic mass is 10.1. The highest BCUT2D eigenvalue weighted by Gasteiger charge is 2.20. The van der Waals surface area contributed by atoms with E-state index < -0.39 is 9.84 Å². The number of hydrogen-bond donors (Lipinski definition) is 2. The molecule has 1 aliphatic rings. The topological polar surface area (TPSA) is 73.8 Å². The van der Waals surface area contributed by atoms with Gasteiger partial charge in [0.05, 0.1) is 11.5 Å². The van der Waals surface area contributed by atoms with Crippen LogP contribution in [-0.2, 0) is 16.4 Å². The first-order valence-corrected chi connectivity index (χ1v) is 9.73. The van der Waals surface area contributed by atoms with Crippen molar-refractivity contribution in [3.05, 3.63) is 35.4 Å². The summed E-state index contributed by atoms with van der Waals surface area (Å²) in [5.41, 5.74) is 2.46. The number of nitrogens with one attached hydrogen (secondary N) is 2. The van der Waals surface area contributed by atoms with Gasteiger partial charge < -0.3 is 10.6 Å². The number of rotatable bonds is 5. The van der Waals surface area contributed by atoms with Crippen LogP contribution in [-0.4, -0.2) is 64.0 Å². The number of hydrogen-bond acceptors (Lipinski definition) is 4. The molecule has 1 aliphatic heterocycles. The van der Waals surface area contributed by atoms with Crippen LogP contribution in [0.2, 0.25) is 0 Å². The van der Waals surface area contributed by atoms with E-state index in [0.717, 1.165) is 25.6 Å². The molecule has 7 heteroatoms. The van der Waals surface area contributed by atoms with E-state index in [-0.39, 0.29) is 11.5 Å². The molecular formula is C16H26N4O2S. The van der Waals surface area contributed by atoms with Crippen LogP contribution in [0.1, 0.15) is 11.1 Å². The van der Waals surface area contributed by atoms with Gasteiger partial charge in [0.1, 0.15) is 0 Å². The highest BCUT2D eigenvalue weighted by molar-refractivity contribution is 7.91. The molecule has 6 nitrogen and oxygen atoms in total. The average molecular weight is 338 g/mol. The molecule has 0 spiro atoms. The number of sulfone groups is 1. The minimum Gasteiger partial charge on any atom is -0.355 e. The van der Waals surface area contributed by atoms with Gasteiger partial charge in [0.15, 0.2) is 15.8 Å². The molecule has 1 saturated heterocycles. The first-order chi connectivity index (χ1) is 11.0. The van der Waals surface area contributed by atoms with E-state index in [4.69, 9.17) is 0 Å². The molecular weight excluding hydrogens is 312 g/mol. The summed E-state index contributed by atoms with van der Waals surface area (Å²) in [4.78, 5) is 6.37. The highest BCUT2D eigenvalue weighted by atomic mass is 32.2. The molecule has 0 radical (unpaired) electrons. The number of guanidine groups is 1. The molecule has 23 heavy (non-hydrogen) atoms. The monoisotopic (exact) mass is 338 g/mol. The molecule has 2 rings (SSSR count). The van der Waals surface area contributed by atoms with Crippen molar-refractivity contribution in [2.75, 3.05) is 44.7 Å². The van der Waals surface area contributed by atoms with Crippen LogP contribution in [0.3, 0.4) is 0 Å². The van der Waals surface area contributed by atoms with Crippen molar-refractivity contribution in [1.29, 1.82) is 0 Å². The van der Waals surface area contributed by atoms with Gasteiger partial charge in [-0.1, -0.05) is 29.8 Å². The zero-order chi connectivity index (χ0) is 16.7. The molecule has 0 amide bonds. The Morgan fingerprint density at radius 1 is 1.17 bits per heavy atom. The number of benzene rings is 1. The summed E-state index contributed by atoms with van der Waals surface area (Å²) < 4.78 is 22.8. The summed E-state index contributed by atoms with van der Waals surface area (Å²) >= 11 is 0. The Hall–Kier alpha value is -1.60. The van der Waals surface area contributed by atoms with Crippen LogP contribution in [0.4, 0.5) is 0 Å². The van der Waals surface area contributed by atoms with Crippen LogP contribution in [0.5, 0.6) is 0 Å². The third-order valence-corrected chi connectivity index (χ3v) is 5.57. The van der Waals surface area contributed by atoms with Crippen LogP contribution < -0.4 is 10.6 Å². The molecule has 0 aromatic heterocycles. The normalized spacial score (nSPS) is 18.6. The molecule has 0 saturated carbocycles. The Labute approximate surface area is 138 Å². The van der Waals surface area contributed by atoms with Crippen LogP contribution >= 0.6 is 0 Å². The number of aliphatic imine (C=N–C) groups is 1. The summed E-state index contributed by atoms with van der Waals surface area (Å²) in [5.74, 6) is 1.30. The first kappa shape index (κ1) is 17.7. The van der Waals surface area contributed by atoms with Gasteiger partial charge in [-0.3, -0.25) is 9.89 Å². The predicted molar refractivity (Wildman–Crippen MR) is 94.5 cm³/mol. The Balaban J connectivity index is 1.68. The Bertz CT molecular complexity index is 612. The van der Waals surface area contributed by atoms with E-state index in [9.17, 15) is 8.42 Å². The van der Waals surface area contributed by atoms with Crippen molar-refractivity contribution in [3.8, 4) is 0 Å². The third-order valence-electron chi connectivity index (χ3n) is 3.96. The largest absolute Gasteiger partial charge is 0.355 e. The summed E-state index contributed by atoms with van der Waals surface area (Å²) in [6.07, 6.45) is 0. The molecule has 0 unspecified atom stereocenters.